The molecule has 1 N–H and O–H groups in total. The summed E-state index contributed by atoms with van der Waals surface area (Å²) in [6.07, 6.45) is 1.37. The number of anilines is 1. The van der Waals surface area contributed by atoms with Gasteiger partial charge in [-0.2, -0.15) is 5.26 Å². The molecule has 138 valence electrons. The first-order chi connectivity index (χ1) is 12.9. The molecule has 0 fully saturated rings. The highest BCUT2D eigenvalue weighted by Crippen LogP contribution is 2.29. The Labute approximate surface area is 163 Å². The fourth-order valence-electron chi connectivity index (χ4n) is 2.16. The van der Waals surface area contributed by atoms with E-state index in [1.54, 1.807) is 18.2 Å². The van der Waals surface area contributed by atoms with Gasteiger partial charge in [0.1, 0.15) is 23.1 Å². The number of rotatable bonds is 6. The Morgan fingerprint density at radius 3 is 2.56 bits per heavy atom. The van der Waals surface area contributed by atoms with Crippen molar-refractivity contribution in [3.8, 4) is 17.6 Å². The smallest absolute Gasteiger partial charge is 0.270 e. The summed E-state index contributed by atoms with van der Waals surface area (Å²) in [5, 5.41) is 22.7. The molecule has 0 saturated carbocycles. The van der Waals surface area contributed by atoms with E-state index in [9.17, 15) is 20.2 Å². The van der Waals surface area contributed by atoms with Crippen LogP contribution in [0.4, 0.5) is 11.4 Å². The predicted molar refractivity (Wildman–Crippen MR) is 103 cm³/mol. The monoisotopic (exact) mass is 431 g/mol. The quantitative estimate of drug-likeness (QED) is 0.320. The number of nitro groups is 1. The highest BCUT2D eigenvalue weighted by atomic mass is 79.9. The molecule has 0 aliphatic rings. The van der Waals surface area contributed by atoms with E-state index in [4.69, 9.17) is 9.47 Å². The van der Waals surface area contributed by atoms with Gasteiger partial charge in [-0.05, 0) is 46.3 Å². The van der Waals surface area contributed by atoms with E-state index in [0.717, 1.165) is 0 Å². The van der Waals surface area contributed by atoms with E-state index in [2.05, 4.69) is 21.2 Å². The third-order valence-electron chi connectivity index (χ3n) is 3.51. The Bertz CT molecular complexity index is 966. The lowest BCUT2D eigenvalue weighted by Crippen LogP contribution is -2.14. The Morgan fingerprint density at radius 2 is 2.00 bits per heavy atom. The second-order valence-electron chi connectivity index (χ2n) is 5.15. The van der Waals surface area contributed by atoms with E-state index >= 15 is 0 Å². The first-order valence-electron chi connectivity index (χ1n) is 7.48. The summed E-state index contributed by atoms with van der Waals surface area (Å²) in [6, 6.07) is 10.7. The maximum atomic E-state index is 12.4. The van der Waals surface area contributed by atoms with Crippen LogP contribution in [0.3, 0.4) is 0 Å². The normalized spacial score (nSPS) is 10.7. The van der Waals surface area contributed by atoms with E-state index in [-0.39, 0.29) is 11.3 Å². The van der Waals surface area contributed by atoms with Gasteiger partial charge in [-0.1, -0.05) is 0 Å². The SMILES string of the molecule is COc1ccc(OC)c(/C=C(/C#N)C(=O)Nc2ccc([N+](=O)[O-])cc2Br)c1. The van der Waals surface area contributed by atoms with Crippen molar-refractivity contribution in [2.24, 2.45) is 0 Å². The van der Waals surface area contributed by atoms with Gasteiger partial charge >= 0.3 is 0 Å². The molecule has 8 nitrogen and oxygen atoms in total. The van der Waals surface area contributed by atoms with Gasteiger partial charge < -0.3 is 14.8 Å². The summed E-state index contributed by atoms with van der Waals surface area (Å²) in [7, 11) is 2.97. The number of non-ortho nitro benzene ring substituents is 1. The van der Waals surface area contributed by atoms with Crippen molar-refractivity contribution in [3.05, 3.63) is 62.1 Å². The lowest BCUT2D eigenvalue weighted by atomic mass is 10.1. The fourth-order valence-corrected chi connectivity index (χ4v) is 2.63. The number of benzene rings is 2. The van der Waals surface area contributed by atoms with Gasteiger partial charge in [0.25, 0.3) is 11.6 Å². The molecule has 0 aliphatic carbocycles. The Morgan fingerprint density at radius 1 is 1.26 bits per heavy atom. The number of carbonyl (C=O) groups excluding carboxylic acids is 1. The third-order valence-corrected chi connectivity index (χ3v) is 4.17. The highest BCUT2D eigenvalue weighted by molar-refractivity contribution is 9.10. The molecular formula is C18H14BrN3O5. The van der Waals surface area contributed by atoms with Crippen molar-refractivity contribution >= 4 is 39.3 Å². The van der Waals surface area contributed by atoms with Gasteiger partial charge in [0.05, 0.1) is 24.8 Å². The molecule has 2 rings (SSSR count). The van der Waals surface area contributed by atoms with Crippen LogP contribution < -0.4 is 14.8 Å². The number of halogens is 1. The Kier molecular flexibility index (Phi) is 6.51. The first-order valence-corrected chi connectivity index (χ1v) is 8.28. The van der Waals surface area contributed by atoms with Gasteiger partial charge in [0, 0.05) is 22.2 Å². The van der Waals surface area contributed by atoms with Gasteiger partial charge in [0.15, 0.2) is 0 Å². The third kappa shape index (κ3) is 4.83. The summed E-state index contributed by atoms with van der Waals surface area (Å²) in [6.45, 7) is 0. The highest BCUT2D eigenvalue weighted by Gasteiger charge is 2.15. The fraction of sp³-hybridized carbons (Fsp3) is 0.111. The summed E-state index contributed by atoms with van der Waals surface area (Å²) in [4.78, 5) is 22.7. The summed E-state index contributed by atoms with van der Waals surface area (Å²) in [5.41, 5.74) is 0.486. The van der Waals surface area contributed by atoms with Crippen LogP contribution in [-0.2, 0) is 4.79 Å². The van der Waals surface area contributed by atoms with Crippen LogP contribution in [0, 0.1) is 21.4 Å². The molecule has 0 spiro atoms. The molecule has 0 unspecified atom stereocenters. The summed E-state index contributed by atoms with van der Waals surface area (Å²) < 4.78 is 10.7. The number of ether oxygens (including phenoxy) is 2. The van der Waals surface area contributed by atoms with Gasteiger partial charge in [-0.3, -0.25) is 14.9 Å². The first kappa shape index (κ1) is 19.9. The zero-order valence-corrected chi connectivity index (χ0v) is 15.9. The zero-order chi connectivity index (χ0) is 20.0. The maximum Gasteiger partial charge on any atom is 0.270 e. The van der Waals surface area contributed by atoms with Crippen LogP contribution >= 0.6 is 15.9 Å². The molecule has 0 aromatic heterocycles. The van der Waals surface area contributed by atoms with Gasteiger partial charge in [0.2, 0.25) is 0 Å². The van der Waals surface area contributed by atoms with Crippen LogP contribution in [0.2, 0.25) is 0 Å². The van der Waals surface area contributed by atoms with Crippen LogP contribution in [0.5, 0.6) is 11.5 Å². The van der Waals surface area contributed by atoms with Crippen molar-refractivity contribution in [1.82, 2.24) is 0 Å². The van der Waals surface area contributed by atoms with Crippen molar-refractivity contribution in [2.45, 2.75) is 0 Å². The van der Waals surface area contributed by atoms with Crippen molar-refractivity contribution in [1.29, 1.82) is 5.26 Å². The molecule has 2 aromatic carbocycles. The topological polar surface area (TPSA) is 114 Å². The standard InChI is InChI=1S/C18H14BrN3O5/c1-26-14-4-6-17(27-2)11(8-14)7-12(10-20)18(23)21-16-5-3-13(22(24)25)9-15(16)19/h3-9H,1-2H3,(H,21,23)/b12-7-. The average Bonchev–Trinajstić information content (AvgIpc) is 2.67. The summed E-state index contributed by atoms with van der Waals surface area (Å²) in [5.74, 6) is 0.336. The van der Waals surface area contributed by atoms with Crippen molar-refractivity contribution in [3.63, 3.8) is 0 Å². The number of methoxy groups -OCH3 is 2. The number of nitrogens with zero attached hydrogens (tertiary/aromatic N) is 2. The maximum absolute atomic E-state index is 12.4. The van der Waals surface area contributed by atoms with E-state index < -0.39 is 10.8 Å². The van der Waals surface area contributed by atoms with E-state index in [0.29, 0.717) is 27.2 Å². The molecule has 0 heterocycles. The molecule has 0 radical (unpaired) electrons. The number of nitriles is 1. The molecule has 0 bridgehead atoms. The molecular weight excluding hydrogens is 418 g/mol. The van der Waals surface area contributed by atoms with Crippen molar-refractivity contribution in [2.75, 3.05) is 19.5 Å². The molecule has 0 aliphatic heterocycles. The van der Waals surface area contributed by atoms with Crippen LogP contribution in [0.25, 0.3) is 6.08 Å². The largest absolute Gasteiger partial charge is 0.497 e. The Hall–Kier alpha value is -3.38. The zero-order valence-electron chi connectivity index (χ0n) is 14.4. The molecule has 9 heteroatoms. The molecule has 27 heavy (non-hydrogen) atoms. The lowest BCUT2D eigenvalue weighted by Gasteiger charge is -2.09. The van der Waals surface area contributed by atoms with Crippen LogP contribution in [0.15, 0.2) is 46.4 Å². The number of amides is 1. The lowest BCUT2D eigenvalue weighted by molar-refractivity contribution is -0.384. The number of nitro benzene ring substituents is 1. The van der Waals surface area contributed by atoms with E-state index in [1.807, 2.05) is 6.07 Å². The van der Waals surface area contributed by atoms with Crippen LogP contribution in [0.1, 0.15) is 5.56 Å². The molecule has 0 saturated heterocycles. The number of carbonyl (C=O) groups is 1. The second-order valence-corrected chi connectivity index (χ2v) is 6.01. The Balaban J connectivity index is 2.33. The minimum absolute atomic E-state index is 0.128. The van der Waals surface area contributed by atoms with Gasteiger partial charge in [-0.15, -0.1) is 0 Å². The predicted octanol–water partition coefficient (Wildman–Crippen LogP) is 3.92. The van der Waals surface area contributed by atoms with Gasteiger partial charge in [-0.25, -0.2) is 0 Å². The minimum atomic E-state index is -0.670. The average molecular weight is 432 g/mol. The molecule has 1 amide bonds. The molecule has 2 aromatic rings. The summed E-state index contributed by atoms with van der Waals surface area (Å²) >= 11 is 3.17. The minimum Gasteiger partial charge on any atom is -0.497 e. The molecule has 0 atom stereocenters. The number of hydrogen-bond acceptors (Lipinski definition) is 6. The van der Waals surface area contributed by atoms with E-state index in [1.165, 1.54) is 38.5 Å². The van der Waals surface area contributed by atoms with Crippen LogP contribution in [-0.4, -0.2) is 25.1 Å². The number of nitrogens with one attached hydrogen (secondary N) is 1. The van der Waals surface area contributed by atoms with Crippen molar-refractivity contribution < 1.29 is 19.2 Å². The second kappa shape index (κ2) is 8.82. The number of hydrogen-bond donors (Lipinski definition) is 1.